The third-order valence-electron chi connectivity index (χ3n) is 4.84. The highest BCUT2D eigenvalue weighted by atomic mass is 32.1. The molecule has 2 amide bonds. The van der Waals surface area contributed by atoms with Crippen LogP contribution in [0.2, 0.25) is 0 Å². The van der Waals surface area contributed by atoms with Crippen LogP contribution in [0, 0.1) is 12.8 Å². The van der Waals surface area contributed by atoms with Gasteiger partial charge in [-0.15, -0.1) is 11.3 Å². The van der Waals surface area contributed by atoms with Crippen molar-refractivity contribution in [2.45, 2.75) is 32.7 Å². The smallest absolute Gasteiger partial charge is 0.227 e. The van der Waals surface area contributed by atoms with E-state index in [0.29, 0.717) is 26.1 Å². The molecule has 2 heterocycles. The first-order valence-electron chi connectivity index (χ1n) is 8.76. The van der Waals surface area contributed by atoms with Crippen LogP contribution in [-0.4, -0.2) is 29.8 Å². The predicted octanol–water partition coefficient (Wildman–Crippen LogP) is 3.15. The van der Waals surface area contributed by atoms with Gasteiger partial charge in [-0.2, -0.15) is 0 Å². The molecule has 0 radical (unpaired) electrons. The summed E-state index contributed by atoms with van der Waals surface area (Å²) >= 11 is 1.61. The molecule has 0 saturated carbocycles. The van der Waals surface area contributed by atoms with Crippen molar-refractivity contribution in [1.29, 1.82) is 0 Å². The van der Waals surface area contributed by atoms with Gasteiger partial charge in [-0.25, -0.2) is 0 Å². The molecule has 1 aliphatic rings. The molecule has 2 aromatic rings. The lowest BCUT2D eigenvalue weighted by atomic mass is 9.95. The van der Waals surface area contributed by atoms with Crippen molar-refractivity contribution in [2.75, 3.05) is 13.1 Å². The van der Waals surface area contributed by atoms with Crippen molar-refractivity contribution in [3.8, 4) is 0 Å². The first-order valence-corrected chi connectivity index (χ1v) is 9.64. The van der Waals surface area contributed by atoms with Gasteiger partial charge >= 0.3 is 0 Å². The summed E-state index contributed by atoms with van der Waals surface area (Å²) < 4.78 is 0. The Balaban J connectivity index is 1.44. The number of piperidine rings is 1. The molecule has 0 atom stereocenters. The van der Waals surface area contributed by atoms with Crippen LogP contribution in [0.1, 0.15) is 28.8 Å². The zero-order valence-electron chi connectivity index (χ0n) is 14.5. The quantitative estimate of drug-likeness (QED) is 0.895. The van der Waals surface area contributed by atoms with E-state index in [4.69, 9.17) is 0 Å². The second kappa shape index (κ2) is 8.30. The van der Waals surface area contributed by atoms with E-state index >= 15 is 0 Å². The number of amides is 2. The molecule has 1 fully saturated rings. The maximum absolute atomic E-state index is 12.4. The Hall–Kier alpha value is -2.14. The van der Waals surface area contributed by atoms with E-state index in [1.54, 1.807) is 11.3 Å². The van der Waals surface area contributed by atoms with Crippen LogP contribution in [-0.2, 0) is 22.6 Å². The number of carbonyl (C=O) groups excluding carboxylic acids is 2. The van der Waals surface area contributed by atoms with Crippen LogP contribution in [0.3, 0.4) is 0 Å². The maximum atomic E-state index is 12.4. The van der Waals surface area contributed by atoms with Crippen molar-refractivity contribution >= 4 is 23.2 Å². The van der Waals surface area contributed by atoms with Crippen molar-refractivity contribution in [2.24, 2.45) is 5.92 Å². The molecule has 0 bridgehead atoms. The highest BCUT2D eigenvalue weighted by molar-refractivity contribution is 7.10. The summed E-state index contributed by atoms with van der Waals surface area (Å²) in [6.07, 6.45) is 1.97. The van der Waals surface area contributed by atoms with Gasteiger partial charge in [0, 0.05) is 30.4 Å². The van der Waals surface area contributed by atoms with Gasteiger partial charge in [-0.1, -0.05) is 30.3 Å². The lowest BCUT2D eigenvalue weighted by Crippen LogP contribution is -2.43. The second-order valence-corrected chi connectivity index (χ2v) is 7.59. The van der Waals surface area contributed by atoms with Crippen molar-refractivity contribution < 1.29 is 9.59 Å². The Bertz CT molecular complexity index is 719. The van der Waals surface area contributed by atoms with Crippen molar-refractivity contribution in [3.63, 3.8) is 0 Å². The maximum Gasteiger partial charge on any atom is 0.227 e. The van der Waals surface area contributed by atoms with Gasteiger partial charge in [-0.3, -0.25) is 9.59 Å². The number of thiophene rings is 1. The van der Waals surface area contributed by atoms with Gasteiger partial charge in [-0.05, 0) is 42.3 Å². The van der Waals surface area contributed by atoms with Crippen molar-refractivity contribution in [3.05, 3.63) is 57.8 Å². The Morgan fingerprint density at radius 2 is 1.92 bits per heavy atom. The lowest BCUT2D eigenvalue weighted by Gasteiger charge is -2.31. The van der Waals surface area contributed by atoms with Crippen LogP contribution >= 0.6 is 11.3 Å². The summed E-state index contributed by atoms with van der Waals surface area (Å²) in [4.78, 5) is 27.7. The minimum Gasteiger partial charge on any atom is -0.352 e. The molecule has 1 N–H and O–H groups in total. The number of hydrogen-bond acceptors (Lipinski definition) is 3. The second-order valence-electron chi connectivity index (χ2n) is 6.56. The van der Waals surface area contributed by atoms with E-state index in [1.807, 2.05) is 40.6 Å². The highest BCUT2D eigenvalue weighted by Gasteiger charge is 2.27. The molecular formula is C20H24N2O2S. The molecule has 3 rings (SSSR count). The Labute approximate surface area is 152 Å². The summed E-state index contributed by atoms with van der Waals surface area (Å²) in [5, 5.41) is 5.04. The number of nitrogens with one attached hydrogen (secondary N) is 1. The van der Waals surface area contributed by atoms with Gasteiger partial charge in [0.25, 0.3) is 0 Å². The number of aryl methyl sites for hydroxylation is 1. The molecule has 1 saturated heterocycles. The molecule has 1 aliphatic heterocycles. The van der Waals surface area contributed by atoms with E-state index in [2.05, 4.69) is 18.3 Å². The topological polar surface area (TPSA) is 49.4 Å². The highest BCUT2D eigenvalue weighted by Crippen LogP contribution is 2.19. The number of hydrogen-bond donors (Lipinski definition) is 1. The fourth-order valence-electron chi connectivity index (χ4n) is 3.20. The largest absolute Gasteiger partial charge is 0.352 e. The molecule has 5 heteroatoms. The third-order valence-corrected chi connectivity index (χ3v) is 5.71. The third kappa shape index (κ3) is 4.69. The van der Waals surface area contributed by atoms with Crippen LogP contribution in [0.25, 0.3) is 0 Å². The first-order chi connectivity index (χ1) is 12.1. The van der Waals surface area contributed by atoms with Crippen LogP contribution in [0.4, 0.5) is 0 Å². The zero-order valence-corrected chi connectivity index (χ0v) is 15.3. The average molecular weight is 356 g/mol. The summed E-state index contributed by atoms with van der Waals surface area (Å²) in [6, 6.07) is 12.1. The number of benzene rings is 1. The van der Waals surface area contributed by atoms with Crippen LogP contribution < -0.4 is 5.32 Å². The molecule has 0 aliphatic carbocycles. The van der Waals surface area contributed by atoms with Gasteiger partial charge < -0.3 is 10.2 Å². The summed E-state index contributed by atoms with van der Waals surface area (Å²) in [5.74, 6) is 0.282. The fraction of sp³-hybridized carbons (Fsp3) is 0.400. The number of carbonyl (C=O) groups is 2. The molecule has 1 aromatic carbocycles. The molecular weight excluding hydrogens is 332 g/mol. The van der Waals surface area contributed by atoms with Gasteiger partial charge in [0.05, 0.1) is 6.42 Å². The number of rotatable bonds is 5. The summed E-state index contributed by atoms with van der Waals surface area (Å²) in [6.45, 7) is 3.97. The number of nitrogens with zero attached hydrogens (tertiary/aromatic N) is 1. The molecule has 25 heavy (non-hydrogen) atoms. The number of likely N-dealkylation sites (tertiary alicyclic amines) is 1. The normalized spacial score (nSPS) is 15.2. The van der Waals surface area contributed by atoms with E-state index in [9.17, 15) is 9.59 Å². The predicted molar refractivity (Wildman–Crippen MR) is 100 cm³/mol. The van der Waals surface area contributed by atoms with Crippen LogP contribution in [0.15, 0.2) is 41.8 Å². The molecule has 1 aromatic heterocycles. The standard InChI is InChI=1S/C20H24N2O2S/c1-15-5-2-3-6-17(15)14-21-20(24)16-8-10-22(11-9-16)19(23)13-18-7-4-12-25-18/h2-7,12,16H,8-11,13-14H2,1H3,(H,21,24). The van der Waals surface area contributed by atoms with E-state index in [0.717, 1.165) is 23.3 Å². The minimum absolute atomic E-state index is 0.00908. The summed E-state index contributed by atoms with van der Waals surface area (Å²) in [5.41, 5.74) is 2.34. The lowest BCUT2D eigenvalue weighted by molar-refractivity contribution is -0.135. The van der Waals surface area contributed by atoms with Gasteiger partial charge in [0.15, 0.2) is 0 Å². The molecule has 0 unspecified atom stereocenters. The molecule has 0 spiro atoms. The average Bonchev–Trinajstić information content (AvgIpc) is 3.14. The Morgan fingerprint density at radius 3 is 2.60 bits per heavy atom. The minimum atomic E-state index is 0.00908. The van der Waals surface area contributed by atoms with E-state index < -0.39 is 0 Å². The Morgan fingerprint density at radius 1 is 1.16 bits per heavy atom. The summed E-state index contributed by atoms with van der Waals surface area (Å²) in [7, 11) is 0. The van der Waals surface area contributed by atoms with Gasteiger partial charge in [0.2, 0.25) is 11.8 Å². The van der Waals surface area contributed by atoms with E-state index in [-0.39, 0.29) is 17.7 Å². The fourth-order valence-corrected chi connectivity index (χ4v) is 3.90. The first kappa shape index (κ1) is 17.7. The van der Waals surface area contributed by atoms with Gasteiger partial charge in [0.1, 0.15) is 0 Å². The van der Waals surface area contributed by atoms with Crippen LogP contribution in [0.5, 0.6) is 0 Å². The molecule has 132 valence electrons. The monoisotopic (exact) mass is 356 g/mol. The Kier molecular flexibility index (Phi) is 5.87. The SMILES string of the molecule is Cc1ccccc1CNC(=O)C1CCN(C(=O)Cc2cccs2)CC1. The zero-order chi connectivity index (χ0) is 17.6. The molecule has 4 nitrogen and oxygen atoms in total. The van der Waals surface area contributed by atoms with E-state index in [1.165, 1.54) is 5.56 Å². The van der Waals surface area contributed by atoms with Crippen molar-refractivity contribution in [1.82, 2.24) is 10.2 Å².